The summed E-state index contributed by atoms with van der Waals surface area (Å²) in [4.78, 5) is 17.2. The minimum Gasteiger partial charge on any atom is -0.486 e. The van der Waals surface area contributed by atoms with Crippen molar-refractivity contribution in [2.24, 2.45) is 17.3 Å². The summed E-state index contributed by atoms with van der Waals surface area (Å²) in [5.41, 5.74) is 2.89. The van der Waals surface area contributed by atoms with Crippen molar-refractivity contribution in [2.45, 2.75) is 63.3 Å². The standard InChI is InChI=1S/C33H36BNO6/c1-31-25-16-27(31)32(2)33(31,17-25)41-34(40-32)18-24(21-38-19-22-10-6-4-7-11-22)26-14-15-35-28(30(36)37-3)29(26)39-20-23-12-8-5-9-13-23/h4-15,24-25,27H,16-21H2,1-3H3/t24?,25?,27?,31?,32-,33?/m0/s1. The average Bonchev–Trinajstić information content (AvgIpc) is 3.32. The molecule has 1 aliphatic heterocycles. The zero-order chi connectivity index (χ0) is 28.2. The Morgan fingerprint density at radius 2 is 1.73 bits per heavy atom. The minimum absolute atomic E-state index is 0.153. The SMILES string of the molecule is COC(=O)c1nccc(C(COCc2ccccc2)CB2OC34CC5CC(C53C)[C@]4(C)O2)c1OCc1ccccc1. The van der Waals surface area contributed by atoms with Crippen LogP contribution in [0.15, 0.2) is 72.9 Å². The van der Waals surface area contributed by atoms with Gasteiger partial charge in [0, 0.05) is 23.1 Å². The van der Waals surface area contributed by atoms with E-state index in [0.717, 1.165) is 29.0 Å². The van der Waals surface area contributed by atoms with Gasteiger partial charge in [-0.2, -0.15) is 0 Å². The van der Waals surface area contributed by atoms with E-state index in [1.807, 2.05) is 54.6 Å². The van der Waals surface area contributed by atoms with E-state index < -0.39 is 5.97 Å². The molecule has 6 atom stereocenters. The molecule has 0 N–H and O–H groups in total. The van der Waals surface area contributed by atoms with Crippen molar-refractivity contribution in [3.05, 3.63) is 95.3 Å². The maximum absolute atomic E-state index is 12.8. The predicted molar refractivity (Wildman–Crippen MR) is 153 cm³/mol. The molecule has 1 saturated heterocycles. The third kappa shape index (κ3) is 3.91. The number of benzene rings is 2. The summed E-state index contributed by atoms with van der Waals surface area (Å²) >= 11 is 0. The Hall–Kier alpha value is -3.20. The third-order valence-electron chi connectivity index (χ3n) is 10.6. The lowest BCUT2D eigenvalue weighted by Crippen LogP contribution is -2.92. The summed E-state index contributed by atoms with van der Waals surface area (Å²) in [5, 5.41) is 0. The second-order valence-electron chi connectivity index (χ2n) is 12.3. The van der Waals surface area contributed by atoms with Crippen molar-refractivity contribution in [2.75, 3.05) is 13.7 Å². The molecule has 4 aliphatic rings. The highest BCUT2D eigenvalue weighted by molar-refractivity contribution is 6.46. The highest BCUT2D eigenvalue weighted by atomic mass is 16.7. The summed E-state index contributed by atoms with van der Waals surface area (Å²) in [7, 11) is 0.986. The van der Waals surface area contributed by atoms with Gasteiger partial charge in [-0.1, -0.05) is 67.6 Å². The first kappa shape index (κ1) is 26.7. The highest BCUT2D eigenvalue weighted by Gasteiger charge is 2.93. The maximum Gasteiger partial charge on any atom is 0.458 e. The smallest absolute Gasteiger partial charge is 0.458 e. The van der Waals surface area contributed by atoms with E-state index in [0.29, 0.717) is 37.8 Å². The number of carbonyl (C=O) groups is 1. The average molecular weight is 553 g/mol. The first-order valence-corrected chi connectivity index (χ1v) is 14.6. The van der Waals surface area contributed by atoms with E-state index in [1.54, 1.807) is 6.20 Å². The van der Waals surface area contributed by atoms with E-state index in [-0.39, 0.29) is 35.3 Å². The number of methoxy groups -OCH3 is 1. The molecule has 0 radical (unpaired) electrons. The molecule has 5 unspecified atom stereocenters. The van der Waals surface area contributed by atoms with Crippen molar-refractivity contribution in [3.8, 4) is 5.75 Å². The van der Waals surface area contributed by atoms with Crippen LogP contribution < -0.4 is 4.74 Å². The van der Waals surface area contributed by atoms with Crippen molar-refractivity contribution in [1.29, 1.82) is 0 Å². The first-order valence-electron chi connectivity index (χ1n) is 14.6. The normalized spacial score (nSPS) is 31.1. The molecule has 8 heteroatoms. The van der Waals surface area contributed by atoms with Gasteiger partial charge in [0.1, 0.15) is 6.61 Å². The predicted octanol–water partition coefficient (Wildman–Crippen LogP) is 5.84. The fourth-order valence-electron chi connectivity index (χ4n) is 8.38. The minimum atomic E-state index is -0.540. The van der Waals surface area contributed by atoms with Crippen molar-refractivity contribution in [1.82, 2.24) is 4.98 Å². The number of pyridine rings is 1. The van der Waals surface area contributed by atoms with Crippen LogP contribution in [0.25, 0.3) is 0 Å². The van der Waals surface area contributed by atoms with Crippen LogP contribution in [-0.2, 0) is 32.0 Å². The van der Waals surface area contributed by atoms with Gasteiger partial charge in [-0.25, -0.2) is 9.78 Å². The lowest BCUT2D eigenvalue weighted by atomic mass is 9.21. The highest BCUT2D eigenvalue weighted by Crippen LogP contribution is 2.87. The van der Waals surface area contributed by atoms with E-state index >= 15 is 0 Å². The third-order valence-corrected chi connectivity index (χ3v) is 10.6. The Kier molecular flexibility index (Phi) is 6.49. The van der Waals surface area contributed by atoms with Crippen molar-refractivity contribution < 1.29 is 28.3 Å². The van der Waals surface area contributed by atoms with Gasteiger partial charge in [0.25, 0.3) is 0 Å². The zero-order valence-corrected chi connectivity index (χ0v) is 23.9. The molecular formula is C33H36BNO6. The van der Waals surface area contributed by atoms with E-state index in [9.17, 15) is 4.79 Å². The summed E-state index contributed by atoms with van der Waals surface area (Å²) in [5.74, 6) is 1.02. The van der Waals surface area contributed by atoms with Gasteiger partial charge in [0.2, 0.25) is 0 Å². The molecule has 2 heterocycles. The fourth-order valence-corrected chi connectivity index (χ4v) is 8.38. The molecule has 4 fully saturated rings. The molecule has 1 aromatic heterocycles. The van der Waals surface area contributed by atoms with E-state index in [4.69, 9.17) is 23.5 Å². The number of ether oxygens (including phenoxy) is 3. The van der Waals surface area contributed by atoms with Crippen LogP contribution in [0, 0.1) is 17.3 Å². The molecule has 212 valence electrons. The van der Waals surface area contributed by atoms with Crippen LogP contribution in [0.2, 0.25) is 6.32 Å². The number of hydrogen-bond donors (Lipinski definition) is 0. The number of esters is 1. The van der Waals surface area contributed by atoms with Gasteiger partial charge in [-0.15, -0.1) is 0 Å². The number of hydrogen-bond acceptors (Lipinski definition) is 7. The quantitative estimate of drug-likeness (QED) is 0.218. The summed E-state index contributed by atoms with van der Waals surface area (Å²) in [6, 6.07) is 21.9. The number of fused-ring (bicyclic) bond motifs is 1. The molecule has 1 spiro atoms. The lowest BCUT2D eigenvalue weighted by molar-refractivity contribution is -0.429. The molecule has 41 heavy (non-hydrogen) atoms. The Morgan fingerprint density at radius 1 is 1.02 bits per heavy atom. The monoisotopic (exact) mass is 553 g/mol. The van der Waals surface area contributed by atoms with Gasteiger partial charge >= 0.3 is 13.1 Å². The van der Waals surface area contributed by atoms with Gasteiger partial charge in [0.05, 0.1) is 31.5 Å². The molecule has 0 amide bonds. The van der Waals surface area contributed by atoms with Gasteiger partial charge < -0.3 is 23.5 Å². The molecule has 7 nitrogen and oxygen atoms in total. The topological polar surface area (TPSA) is 76.1 Å². The van der Waals surface area contributed by atoms with Crippen LogP contribution in [0.4, 0.5) is 0 Å². The summed E-state index contributed by atoms with van der Waals surface area (Å²) in [6.07, 6.45) is 4.53. The number of aromatic nitrogens is 1. The van der Waals surface area contributed by atoms with Crippen molar-refractivity contribution >= 4 is 13.1 Å². The second kappa shape index (κ2) is 9.97. The van der Waals surface area contributed by atoms with Gasteiger partial charge in [-0.05, 0) is 55.1 Å². The summed E-state index contributed by atoms with van der Waals surface area (Å²) < 4.78 is 31.3. The van der Waals surface area contributed by atoms with E-state index in [2.05, 4.69) is 31.0 Å². The Balaban J connectivity index is 1.18. The molecule has 3 aliphatic carbocycles. The van der Waals surface area contributed by atoms with Crippen LogP contribution >= 0.6 is 0 Å². The van der Waals surface area contributed by atoms with Crippen molar-refractivity contribution in [3.63, 3.8) is 0 Å². The van der Waals surface area contributed by atoms with Gasteiger partial charge in [-0.3, -0.25) is 0 Å². The van der Waals surface area contributed by atoms with Gasteiger partial charge in [0.15, 0.2) is 11.4 Å². The maximum atomic E-state index is 12.8. The van der Waals surface area contributed by atoms with Crippen LogP contribution in [0.5, 0.6) is 5.75 Å². The molecule has 2 aromatic carbocycles. The molecule has 7 rings (SSSR count). The Labute approximate surface area is 241 Å². The largest absolute Gasteiger partial charge is 0.486 e. The van der Waals surface area contributed by atoms with Crippen LogP contribution in [0.1, 0.15) is 59.8 Å². The molecule has 3 aromatic rings. The Bertz CT molecular complexity index is 1440. The molecular weight excluding hydrogens is 517 g/mol. The molecule has 0 bridgehead atoms. The number of rotatable bonds is 11. The lowest BCUT2D eigenvalue weighted by Gasteiger charge is -2.87. The zero-order valence-electron chi connectivity index (χ0n) is 23.9. The van der Waals surface area contributed by atoms with Crippen LogP contribution in [0.3, 0.4) is 0 Å². The number of nitrogens with zero attached hydrogens (tertiary/aromatic N) is 1. The number of carbonyl (C=O) groups excluding carboxylic acids is 1. The van der Waals surface area contributed by atoms with Crippen LogP contribution in [-0.4, -0.2) is 43.0 Å². The first-order chi connectivity index (χ1) is 19.9. The van der Waals surface area contributed by atoms with E-state index in [1.165, 1.54) is 13.5 Å². The Morgan fingerprint density at radius 3 is 2.37 bits per heavy atom. The second-order valence-corrected chi connectivity index (χ2v) is 12.3. The summed E-state index contributed by atoms with van der Waals surface area (Å²) in [6.45, 7) is 5.79. The fraction of sp³-hybridized carbons (Fsp3) is 0.455. The molecule has 3 saturated carbocycles.